The van der Waals surface area contributed by atoms with Gasteiger partial charge in [0.1, 0.15) is 6.10 Å². The van der Waals surface area contributed by atoms with Crippen molar-refractivity contribution in [3.63, 3.8) is 0 Å². The molecule has 0 spiro atoms. The molecule has 2 saturated carbocycles. The molecule has 2 aliphatic carbocycles. The molecule has 1 aliphatic heterocycles. The quantitative estimate of drug-likeness (QED) is 0.812. The second-order valence-corrected chi connectivity index (χ2v) is 7.38. The Morgan fingerprint density at radius 1 is 1.09 bits per heavy atom. The van der Waals surface area contributed by atoms with E-state index in [-0.39, 0.29) is 36.5 Å². The Bertz CT molecular complexity index is 432. The molecule has 5 heteroatoms. The minimum atomic E-state index is -0.438. The molecule has 3 atom stereocenters. The number of hydrogen-bond acceptors (Lipinski definition) is 3. The van der Waals surface area contributed by atoms with E-state index < -0.39 is 6.10 Å². The third kappa shape index (κ3) is 4.06. The summed E-state index contributed by atoms with van der Waals surface area (Å²) in [6.45, 7) is 2.05. The van der Waals surface area contributed by atoms with Crippen LogP contribution in [-0.2, 0) is 14.3 Å². The van der Waals surface area contributed by atoms with Gasteiger partial charge < -0.3 is 15.0 Å². The van der Waals surface area contributed by atoms with Crippen LogP contribution in [0.5, 0.6) is 0 Å². The molecule has 1 heterocycles. The first-order valence-corrected chi connectivity index (χ1v) is 9.40. The molecule has 0 aromatic heterocycles. The monoisotopic (exact) mass is 322 g/mol. The summed E-state index contributed by atoms with van der Waals surface area (Å²) >= 11 is 0. The average Bonchev–Trinajstić information content (AvgIpc) is 2.82. The minimum absolute atomic E-state index is 0.000923. The highest BCUT2D eigenvalue weighted by Crippen LogP contribution is 2.27. The SMILES string of the molecule is CC(OC1CCCCCC1)C(=O)N1CC(=O)NC2CCCCC21. The van der Waals surface area contributed by atoms with Crippen LogP contribution in [0.15, 0.2) is 0 Å². The molecule has 0 bridgehead atoms. The third-order valence-corrected chi connectivity index (χ3v) is 5.62. The first-order chi connectivity index (χ1) is 11.1. The van der Waals surface area contributed by atoms with Crippen molar-refractivity contribution in [3.8, 4) is 0 Å². The molecule has 1 N–H and O–H groups in total. The fraction of sp³-hybridized carbons (Fsp3) is 0.889. The van der Waals surface area contributed by atoms with Crippen molar-refractivity contribution in [2.75, 3.05) is 6.54 Å². The lowest BCUT2D eigenvalue weighted by Gasteiger charge is -2.44. The number of nitrogens with one attached hydrogen (secondary N) is 1. The maximum atomic E-state index is 12.9. The zero-order valence-electron chi connectivity index (χ0n) is 14.3. The number of rotatable bonds is 3. The molecule has 1 saturated heterocycles. The first kappa shape index (κ1) is 16.7. The Morgan fingerprint density at radius 2 is 1.74 bits per heavy atom. The van der Waals surface area contributed by atoms with Crippen LogP contribution < -0.4 is 5.32 Å². The predicted molar refractivity (Wildman–Crippen MR) is 87.9 cm³/mol. The van der Waals surface area contributed by atoms with Gasteiger partial charge in [0, 0.05) is 6.04 Å². The Morgan fingerprint density at radius 3 is 2.48 bits per heavy atom. The van der Waals surface area contributed by atoms with Crippen LogP contribution in [0, 0.1) is 0 Å². The van der Waals surface area contributed by atoms with Crippen LogP contribution in [0.2, 0.25) is 0 Å². The number of carbonyl (C=O) groups is 2. The lowest BCUT2D eigenvalue weighted by atomic mass is 9.87. The molecule has 5 nitrogen and oxygen atoms in total. The molecule has 0 aromatic rings. The number of piperazine rings is 1. The molecule has 0 radical (unpaired) electrons. The van der Waals surface area contributed by atoms with Gasteiger partial charge in [-0.15, -0.1) is 0 Å². The zero-order chi connectivity index (χ0) is 16.2. The highest BCUT2D eigenvalue weighted by atomic mass is 16.5. The maximum Gasteiger partial charge on any atom is 0.252 e. The Labute approximate surface area is 139 Å². The summed E-state index contributed by atoms with van der Waals surface area (Å²) in [5.74, 6) is -0.0239. The van der Waals surface area contributed by atoms with Crippen molar-refractivity contribution in [1.82, 2.24) is 10.2 Å². The van der Waals surface area contributed by atoms with Gasteiger partial charge >= 0.3 is 0 Å². The summed E-state index contributed by atoms with van der Waals surface area (Å²) < 4.78 is 6.08. The van der Waals surface area contributed by atoms with Crippen LogP contribution in [0.4, 0.5) is 0 Å². The number of nitrogens with zero attached hydrogens (tertiary/aromatic N) is 1. The second-order valence-electron chi connectivity index (χ2n) is 7.38. The van der Waals surface area contributed by atoms with E-state index in [9.17, 15) is 9.59 Å². The van der Waals surface area contributed by atoms with Crippen molar-refractivity contribution in [3.05, 3.63) is 0 Å². The van der Waals surface area contributed by atoms with Gasteiger partial charge in [-0.05, 0) is 32.6 Å². The highest BCUT2D eigenvalue weighted by molar-refractivity contribution is 5.88. The normalized spacial score (nSPS) is 31.0. The first-order valence-electron chi connectivity index (χ1n) is 9.40. The fourth-order valence-electron chi connectivity index (χ4n) is 4.38. The third-order valence-electron chi connectivity index (χ3n) is 5.62. The Kier molecular flexibility index (Phi) is 5.57. The molecule has 3 unspecified atom stereocenters. The van der Waals surface area contributed by atoms with E-state index in [1.54, 1.807) is 4.90 Å². The van der Waals surface area contributed by atoms with Crippen molar-refractivity contribution >= 4 is 11.8 Å². The lowest BCUT2D eigenvalue weighted by molar-refractivity contribution is -0.156. The van der Waals surface area contributed by atoms with Crippen LogP contribution in [0.25, 0.3) is 0 Å². The summed E-state index contributed by atoms with van der Waals surface area (Å²) in [7, 11) is 0. The van der Waals surface area contributed by atoms with Crippen LogP contribution >= 0.6 is 0 Å². The molecule has 3 rings (SSSR count). The molecule has 3 fully saturated rings. The number of carbonyl (C=O) groups excluding carboxylic acids is 2. The molecular formula is C18H30N2O3. The molecule has 0 aromatic carbocycles. The van der Waals surface area contributed by atoms with Crippen LogP contribution in [0.1, 0.15) is 71.1 Å². The summed E-state index contributed by atoms with van der Waals surface area (Å²) in [5.41, 5.74) is 0. The number of fused-ring (bicyclic) bond motifs is 1. The van der Waals surface area contributed by atoms with Crippen LogP contribution in [0.3, 0.4) is 0 Å². The standard InChI is InChI=1S/C18H30N2O3/c1-13(23-14-8-4-2-3-5-9-14)18(22)20-12-17(21)19-15-10-6-7-11-16(15)20/h13-16H,2-12H2,1H3,(H,19,21). The minimum Gasteiger partial charge on any atom is -0.365 e. The Balaban J connectivity index is 1.61. The van der Waals surface area contributed by atoms with Crippen molar-refractivity contribution in [2.45, 2.75) is 95.4 Å². The van der Waals surface area contributed by atoms with Gasteiger partial charge in [-0.25, -0.2) is 0 Å². The van der Waals surface area contributed by atoms with Crippen molar-refractivity contribution in [2.24, 2.45) is 0 Å². The smallest absolute Gasteiger partial charge is 0.252 e. The van der Waals surface area contributed by atoms with Gasteiger partial charge in [-0.1, -0.05) is 38.5 Å². The predicted octanol–water partition coefficient (Wildman–Crippen LogP) is 2.38. The van der Waals surface area contributed by atoms with E-state index in [1.165, 1.54) is 25.7 Å². The summed E-state index contributed by atoms with van der Waals surface area (Å²) in [6.07, 6.45) is 11.1. The van der Waals surface area contributed by atoms with E-state index in [0.29, 0.717) is 0 Å². The van der Waals surface area contributed by atoms with E-state index >= 15 is 0 Å². The number of amides is 2. The van der Waals surface area contributed by atoms with Gasteiger partial charge in [0.05, 0.1) is 18.7 Å². The van der Waals surface area contributed by atoms with Crippen molar-refractivity contribution in [1.29, 1.82) is 0 Å². The van der Waals surface area contributed by atoms with E-state index in [4.69, 9.17) is 4.74 Å². The van der Waals surface area contributed by atoms with Gasteiger partial charge in [0.15, 0.2) is 0 Å². The van der Waals surface area contributed by atoms with Gasteiger partial charge in [0.25, 0.3) is 5.91 Å². The summed E-state index contributed by atoms with van der Waals surface area (Å²) in [4.78, 5) is 26.6. The molecule has 130 valence electrons. The highest BCUT2D eigenvalue weighted by Gasteiger charge is 2.40. The topological polar surface area (TPSA) is 58.6 Å². The lowest BCUT2D eigenvalue weighted by Crippen LogP contribution is -2.64. The van der Waals surface area contributed by atoms with E-state index in [0.717, 1.165) is 38.5 Å². The summed E-state index contributed by atoms with van der Waals surface area (Å²) in [6, 6.07) is 0.299. The largest absolute Gasteiger partial charge is 0.365 e. The van der Waals surface area contributed by atoms with Crippen LogP contribution in [-0.4, -0.2) is 47.6 Å². The van der Waals surface area contributed by atoms with Crippen molar-refractivity contribution < 1.29 is 14.3 Å². The average molecular weight is 322 g/mol. The number of ether oxygens (including phenoxy) is 1. The Hall–Kier alpha value is -1.10. The number of hydrogen-bond donors (Lipinski definition) is 1. The van der Waals surface area contributed by atoms with Gasteiger partial charge in [-0.2, -0.15) is 0 Å². The molecular weight excluding hydrogens is 292 g/mol. The fourth-order valence-corrected chi connectivity index (χ4v) is 4.38. The van der Waals surface area contributed by atoms with E-state index in [2.05, 4.69) is 5.32 Å². The molecule has 3 aliphatic rings. The van der Waals surface area contributed by atoms with Gasteiger partial charge in [0.2, 0.25) is 5.91 Å². The zero-order valence-corrected chi connectivity index (χ0v) is 14.3. The second kappa shape index (κ2) is 7.65. The van der Waals surface area contributed by atoms with E-state index in [1.807, 2.05) is 6.92 Å². The molecule has 2 amide bonds. The maximum absolute atomic E-state index is 12.9. The summed E-state index contributed by atoms with van der Waals surface area (Å²) in [5, 5.41) is 3.06. The molecule has 23 heavy (non-hydrogen) atoms. The van der Waals surface area contributed by atoms with Gasteiger partial charge in [-0.3, -0.25) is 9.59 Å².